The van der Waals surface area contributed by atoms with Crippen LogP contribution in [0.25, 0.3) is 0 Å². The van der Waals surface area contributed by atoms with Gasteiger partial charge in [-0.25, -0.2) is 13.6 Å². The van der Waals surface area contributed by atoms with Gasteiger partial charge >= 0.3 is 0 Å². The molecule has 0 amide bonds. The Kier molecular flexibility index (Phi) is 4.72. The fourth-order valence-corrected chi connectivity index (χ4v) is 3.85. The van der Waals surface area contributed by atoms with Gasteiger partial charge in [0.1, 0.15) is 5.82 Å². The molecule has 1 aliphatic carbocycles. The van der Waals surface area contributed by atoms with Crippen molar-refractivity contribution in [1.29, 1.82) is 0 Å². The molecule has 1 fully saturated rings. The number of hydrogen-bond donors (Lipinski definition) is 1. The van der Waals surface area contributed by atoms with E-state index >= 15 is 0 Å². The second kappa shape index (κ2) is 6.04. The Balaban J connectivity index is 2.45. The highest BCUT2D eigenvalue weighted by molar-refractivity contribution is 7.89. The highest BCUT2D eigenvalue weighted by atomic mass is 32.2. The van der Waals surface area contributed by atoms with Crippen LogP contribution in [0.5, 0.6) is 0 Å². The van der Waals surface area contributed by atoms with Gasteiger partial charge in [-0.05, 0) is 33.6 Å². The maximum atomic E-state index is 11.8. The van der Waals surface area contributed by atoms with Crippen molar-refractivity contribution in [3.63, 3.8) is 0 Å². The second-order valence-corrected chi connectivity index (χ2v) is 8.39. The number of nitrogens with two attached hydrogens (primary N) is 1. The van der Waals surface area contributed by atoms with Crippen LogP contribution in [0.1, 0.15) is 77.5 Å². The van der Waals surface area contributed by atoms with Crippen LogP contribution in [0.3, 0.4) is 0 Å². The Bertz CT molecular complexity index is 579. The molecule has 0 aromatic carbocycles. The van der Waals surface area contributed by atoms with Gasteiger partial charge in [0.05, 0.1) is 0 Å². The Morgan fingerprint density at radius 2 is 1.57 bits per heavy atom. The van der Waals surface area contributed by atoms with Crippen molar-refractivity contribution in [2.24, 2.45) is 5.14 Å². The zero-order chi connectivity index (χ0) is 15.7. The Morgan fingerprint density at radius 3 is 2.05 bits per heavy atom. The molecular formula is C14H26N4O2S. The lowest BCUT2D eigenvalue weighted by Gasteiger charge is -2.28. The fraction of sp³-hybridized carbons (Fsp3) is 0.857. The number of primary sulfonamides is 1. The number of hydrogen-bond acceptors (Lipinski definition) is 4. The summed E-state index contributed by atoms with van der Waals surface area (Å²) in [6.45, 7) is 5.87. The van der Waals surface area contributed by atoms with Crippen LogP contribution < -0.4 is 5.14 Å². The molecule has 1 aromatic heterocycles. The normalized spacial score (nSPS) is 19.2. The Hall–Kier alpha value is -0.950. The maximum absolute atomic E-state index is 11.8. The summed E-state index contributed by atoms with van der Waals surface area (Å²) in [5.74, 6) is 1.04. The zero-order valence-electron chi connectivity index (χ0n) is 13.2. The van der Waals surface area contributed by atoms with E-state index in [0.717, 1.165) is 31.5 Å². The average molecular weight is 314 g/mol. The minimum absolute atomic E-state index is 0.118. The summed E-state index contributed by atoms with van der Waals surface area (Å²) < 4.78 is 25.3. The molecule has 0 spiro atoms. The first-order chi connectivity index (χ1) is 9.71. The van der Waals surface area contributed by atoms with E-state index in [1.165, 1.54) is 19.3 Å². The SMILES string of the molecule is CC(C)(C)n1c(C2CCCCCCC2)nnc1S(N)(=O)=O. The first-order valence-corrected chi connectivity index (χ1v) is 9.24. The maximum Gasteiger partial charge on any atom is 0.273 e. The molecule has 120 valence electrons. The van der Waals surface area contributed by atoms with Crippen LogP contribution in [0, 0.1) is 0 Å². The van der Waals surface area contributed by atoms with Gasteiger partial charge in [-0.15, -0.1) is 10.2 Å². The highest BCUT2D eigenvalue weighted by Crippen LogP contribution is 2.33. The number of sulfonamides is 1. The summed E-state index contributed by atoms with van der Waals surface area (Å²) in [4.78, 5) is 0. The quantitative estimate of drug-likeness (QED) is 0.908. The molecule has 0 radical (unpaired) electrons. The minimum atomic E-state index is -3.86. The molecule has 0 unspecified atom stereocenters. The molecule has 0 aliphatic heterocycles. The zero-order valence-corrected chi connectivity index (χ0v) is 14.0. The van der Waals surface area contributed by atoms with Crippen molar-refractivity contribution in [2.75, 3.05) is 0 Å². The molecule has 2 N–H and O–H groups in total. The van der Waals surface area contributed by atoms with Gasteiger partial charge in [0.25, 0.3) is 15.2 Å². The Labute approximate surface area is 127 Å². The fourth-order valence-electron chi connectivity index (χ4n) is 3.07. The molecule has 0 bridgehead atoms. The predicted octanol–water partition coefficient (Wildman–Crippen LogP) is 2.51. The molecule has 1 saturated carbocycles. The van der Waals surface area contributed by atoms with E-state index in [4.69, 9.17) is 5.14 Å². The van der Waals surface area contributed by atoms with Gasteiger partial charge in [0.15, 0.2) is 0 Å². The topological polar surface area (TPSA) is 90.9 Å². The first kappa shape index (κ1) is 16.4. The van der Waals surface area contributed by atoms with E-state index in [1.54, 1.807) is 4.57 Å². The number of nitrogens with zero attached hydrogens (tertiary/aromatic N) is 3. The van der Waals surface area contributed by atoms with Gasteiger partial charge in [-0.2, -0.15) is 0 Å². The van der Waals surface area contributed by atoms with Gasteiger partial charge < -0.3 is 0 Å². The minimum Gasteiger partial charge on any atom is -0.295 e. The van der Waals surface area contributed by atoms with Crippen molar-refractivity contribution >= 4 is 10.0 Å². The molecule has 7 heteroatoms. The van der Waals surface area contributed by atoms with Crippen molar-refractivity contribution < 1.29 is 8.42 Å². The summed E-state index contributed by atoms with van der Waals surface area (Å²) in [7, 11) is -3.86. The van der Waals surface area contributed by atoms with Gasteiger partial charge in [-0.3, -0.25) is 4.57 Å². The van der Waals surface area contributed by atoms with Gasteiger partial charge in [0, 0.05) is 11.5 Å². The van der Waals surface area contributed by atoms with Gasteiger partial charge in [-0.1, -0.05) is 32.1 Å². The summed E-state index contributed by atoms with van der Waals surface area (Å²) in [5.41, 5.74) is -0.414. The number of aromatic nitrogens is 3. The molecule has 1 heterocycles. The van der Waals surface area contributed by atoms with E-state index in [-0.39, 0.29) is 11.1 Å². The molecule has 1 aliphatic rings. The molecule has 2 rings (SSSR count). The molecule has 6 nitrogen and oxygen atoms in total. The van der Waals surface area contributed by atoms with E-state index in [2.05, 4.69) is 10.2 Å². The summed E-state index contributed by atoms with van der Waals surface area (Å²) in [5, 5.41) is 13.3. The predicted molar refractivity (Wildman–Crippen MR) is 81.5 cm³/mol. The van der Waals surface area contributed by atoms with Crippen LogP contribution in [-0.2, 0) is 15.6 Å². The lowest BCUT2D eigenvalue weighted by molar-refractivity contribution is 0.328. The van der Waals surface area contributed by atoms with Crippen molar-refractivity contribution in [3.8, 4) is 0 Å². The molecule has 0 atom stereocenters. The summed E-state index contributed by atoms with van der Waals surface area (Å²) in [6, 6.07) is 0. The standard InChI is InChI=1S/C14H26N4O2S/c1-14(2,3)18-12(16-17-13(18)21(15,19)20)11-9-7-5-4-6-8-10-11/h11H,4-10H2,1-3H3,(H2,15,19,20). The number of rotatable bonds is 2. The van der Waals surface area contributed by atoms with Crippen molar-refractivity contribution in [2.45, 2.75) is 82.3 Å². The lowest BCUT2D eigenvalue weighted by Crippen LogP contribution is -2.31. The monoisotopic (exact) mass is 314 g/mol. The third kappa shape index (κ3) is 3.83. The smallest absolute Gasteiger partial charge is 0.273 e. The van der Waals surface area contributed by atoms with E-state index < -0.39 is 15.6 Å². The largest absolute Gasteiger partial charge is 0.295 e. The third-order valence-corrected chi connectivity index (χ3v) is 4.83. The van der Waals surface area contributed by atoms with Crippen LogP contribution >= 0.6 is 0 Å². The van der Waals surface area contributed by atoms with Crippen LogP contribution in [-0.4, -0.2) is 23.2 Å². The van der Waals surface area contributed by atoms with E-state index in [1.807, 2.05) is 20.8 Å². The van der Waals surface area contributed by atoms with E-state index in [9.17, 15) is 8.42 Å². The van der Waals surface area contributed by atoms with Gasteiger partial charge in [0.2, 0.25) is 0 Å². The Morgan fingerprint density at radius 1 is 1.05 bits per heavy atom. The molecule has 0 saturated heterocycles. The van der Waals surface area contributed by atoms with E-state index in [0.29, 0.717) is 0 Å². The van der Waals surface area contributed by atoms with Crippen molar-refractivity contribution in [3.05, 3.63) is 5.82 Å². The van der Waals surface area contributed by atoms with Crippen LogP contribution in [0.15, 0.2) is 5.16 Å². The molecule has 21 heavy (non-hydrogen) atoms. The van der Waals surface area contributed by atoms with Crippen LogP contribution in [0.2, 0.25) is 0 Å². The first-order valence-electron chi connectivity index (χ1n) is 7.70. The molecule has 1 aromatic rings. The van der Waals surface area contributed by atoms with Crippen LogP contribution in [0.4, 0.5) is 0 Å². The summed E-state index contributed by atoms with van der Waals surface area (Å²) >= 11 is 0. The third-order valence-electron chi connectivity index (χ3n) is 4.05. The second-order valence-electron chi connectivity index (χ2n) is 6.93. The lowest BCUT2D eigenvalue weighted by atomic mass is 9.90. The van der Waals surface area contributed by atoms with Crippen molar-refractivity contribution in [1.82, 2.24) is 14.8 Å². The summed E-state index contributed by atoms with van der Waals surface area (Å²) in [6.07, 6.45) is 8.17. The average Bonchev–Trinajstić information content (AvgIpc) is 2.72. The molecular weight excluding hydrogens is 288 g/mol. The highest BCUT2D eigenvalue weighted by Gasteiger charge is 2.31.